The number of amides is 1. The molecule has 5 heteroatoms. The number of hydrogen-bond donors (Lipinski definition) is 2. The fourth-order valence-electron chi connectivity index (χ4n) is 1.22. The minimum Gasteiger partial charge on any atom is -0.453 e. The number of aromatic amines is 1. The predicted molar refractivity (Wildman–Crippen MR) is 52.1 cm³/mol. The summed E-state index contributed by atoms with van der Waals surface area (Å²) in [6.45, 7) is 0. The Morgan fingerprint density at radius 2 is 2.50 bits per heavy atom. The zero-order valence-corrected chi connectivity index (χ0v) is 7.57. The molecule has 0 aliphatic rings. The first-order chi connectivity index (χ1) is 6.81. The van der Waals surface area contributed by atoms with Crippen molar-refractivity contribution in [1.29, 1.82) is 0 Å². The Hall–Kier alpha value is -2.04. The van der Waals surface area contributed by atoms with Gasteiger partial charge in [-0.2, -0.15) is 0 Å². The van der Waals surface area contributed by atoms with Crippen molar-refractivity contribution in [1.82, 2.24) is 9.97 Å². The highest BCUT2D eigenvalue weighted by atomic mass is 16.5. The largest absolute Gasteiger partial charge is 0.453 e. The van der Waals surface area contributed by atoms with Crippen LogP contribution in [0.25, 0.3) is 10.9 Å². The zero-order chi connectivity index (χ0) is 9.97. The van der Waals surface area contributed by atoms with Crippen molar-refractivity contribution in [2.75, 3.05) is 12.4 Å². The number of fused-ring (bicyclic) bond motifs is 1. The normalized spacial score (nSPS) is 10.1. The van der Waals surface area contributed by atoms with Crippen LogP contribution in [0.5, 0.6) is 0 Å². The topological polar surface area (TPSA) is 67.0 Å². The summed E-state index contributed by atoms with van der Waals surface area (Å²) >= 11 is 0. The molecule has 0 atom stereocenters. The summed E-state index contributed by atoms with van der Waals surface area (Å²) < 4.78 is 4.48. The van der Waals surface area contributed by atoms with E-state index in [4.69, 9.17) is 0 Å². The number of ether oxygens (including phenoxy) is 1. The van der Waals surface area contributed by atoms with Gasteiger partial charge in [-0.15, -0.1) is 0 Å². The summed E-state index contributed by atoms with van der Waals surface area (Å²) in [4.78, 5) is 18.0. The second-order valence-electron chi connectivity index (χ2n) is 2.72. The van der Waals surface area contributed by atoms with Crippen molar-refractivity contribution in [3.63, 3.8) is 0 Å². The smallest absolute Gasteiger partial charge is 0.412 e. The molecule has 0 saturated heterocycles. The number of hydrogen-bond acceptors (Lipinski definition) is 3. The van der Waals surface area contributed by atoms with Gasteiger partial charge in [0.25, 0.3) is 0 Å². The van der Waals surface area contributed by atoms with Crippen LogP contribution in [0.1, 0.15) is 0 Å². The second kappa shape index (κ2) is 3.37. The predicted octanol–water partition coefficient (Wildman–Crippen LogP) is 1.74. The molecule has 2 rings (SSSR count). The van der Waals surface area contributed by atoms with Gasteiger partial charge in [0, 0.05) is 17.8 Å². The number of carbonyl (C=O) groups excluding carboxylic acids is 1. The number of nitrogens with one attached hydrogen (secondary N) is 2. The number of nitrogens with zero attached hydrogens (tertiary/aromatic N) is 1. The number of H-pyrrole nitrogens is 1. The van der Waals surface area contributed by atoms with Crippen LogP contribution in [0.4, 0.5) is 10.6 Å². The molecule has 5 nitrogen and oxygen atoms in total. The second-order valence-corrected chi connectivity index (χ2v) is 2.72. The van der Waals surface area contributed by atoms with Crippen molar-refractivity contribution >= 4 is 22.8 Å². The number of rotatable bonds is 1. The fraction of sp³-hybridized carbons (Fsp3) is 0.111. The Morgan fingerprint density at radius 1 is 1.64 bits per heavy atom. The van der Waals surface area contributed by atoms with Crippen LogP contribution in [0.3, 0.4) is 0 Å². The third kappa shape index (κ3) is 1.39. The van der Waals surface area contributed by atoms with Gasteiger partial charge in [-0.1, -0.05) is 0 Å². The minimum atomic E-state index is -0.502. The monoisotopic (exact) mass is 191 g/mol. The Labute approximate surface area is 80.1 Å². The molecular weight excluding hydrogens is 182 g/mol. The van der Waals surface area contributed by atoms with E-state index in [0.717, 1.165) is 10.9 Å². The molecule has 0 unspecified atom stereocenters. The highest BCUT2D eigenvalue weighted by Gasteiger charge is 2.06. The van der Waals surface area contributed by atoms with Crippen LogP contribution in [0.2, 0.25) is 0 Å². The first kappa shape index (κ1) is 8.55. The molecule has 0 saturated carbocycles. The number of aromatic nitrogens is 2. The molecule has 2 aromatic heterocycles. The van der Waals surface area contributed by atoms with Crippen LogP contribution in [-0.2, 0) is 4.74 Å². The Bertz CT molecular complexity index is 464. The molecule has 2 heterocycles. The molecule has 2 aromatic rings. The molecule has 0 aromatic carbocycles. The lowest BCUT2D eigenvalue weighted by atomic mass is 10.3. The van der Waals surface area contributed by atoms with E-state index >= 15 is 0 Å². The van der Waals surface area contributed by atoms with E-state index in [2.05, 4.69) is 20.0 Å². The molecule has 72 valence electrons. The van der Waals surface area contributed by atoms with Crippen molar-refractivity contribution in [2.45, 2.75) is 0 Å². The zero-order valence-electron chi connectivity index (χ0n) is 7.57. The lowest BCUT2D eigenvalue weighted by Crippen LogP contribution is -2.11. The number of carbonyl (C=O) groups is 1. The van der Waals surface area contributed by atoms with E-state index in [1.54, 1.807) is 18.5 Å². The molecule has 2 N–H and O–H groups in total. The standard InChI is InChI=1S/C9H9N3O2/c1-14-9(13)12-8-6-3-2-4-10-7(6)5-11-8/h2-5,11H,1H3,(H,12,13). The van der Waals surface area contributed by atoms with Crippen LogP contribution in [0.15, 0.2) is 24.5 Å². The van der Waals surface area contributed by atoms with Gasteiger partial charge in [-0.3, -0.25) is 10.3 Å². The summed E-state index contributed by atoms with van der Waals surface area (Å²) in [5, 5.41) is 3.42. The lowest BCUT2D eigenvalue weighted by molar-refractivity contribution is 0.187. The van der Waals surface area contributed by atoms with Gasteiger partial charge in [0.05, 0.1) is 12.6 Å². The van der Waals surface area contributed by atoms with Gasteiger partial charge in [0.2, 0.25) is 0 Å². The average molecular weight is 191 g/mol. The maximum absolute atomic E-state index is 10.9. The molecule has 1 amide bonds. The average Bonchev–Trinajstić information content (AvgIpc) is 2.62. The van der Waals surface area contributed by atoms with Crippen molar-refractivity contribution in [3.8, 4) is 0 Å². The number of anilines is 1. The van der Waals surface area contributed by atoms with Crippen LogP contribution in [-0.4, -0.2) is 23.2 Å². The van der Waals surface area contributed by atoms with E-state index in [1.807, 2.05) is 6.07 Å². The molecule has 0 fully saturated rings. The summed E-state index contributed by atoms with van der Waals surface area (Å²) in [5.74, 6) is 0.597. The molecule has 0 spiro atoms. The van der Waals surface area contributed by atoms with Crippen LogP contribution in [0, 0.1) is 0 Å². The first-order valence-electron chi connectivity index (χ1n) is 4.08. The van der Waals surface area contributed by atoms with E-state index in [0.29, 0.717) is 5.82 Å². The van der Waals surface area contributed by atoms with E-state index in [-0.39, 0.29) is 0 Å². The lowest BCUT2D eigenvalue weighted by Gasteiger charge is -2.00. The van der Waals surface area contributed by atoms with Crippen LogP contribution < -0.4 is 5.32 Å². The van der Waals surface area contributed by atoms with Gasteiger partial charge in [0.15, 0.2) is 0 Å². The van der Waals surface area contributed by atoms with Gasteiger partial charge in [-0.25, -0.2) is 4.79 Å². The van der Waals surface area contributed by atoms with E-state index in [1.165, 1.54) is 7.11 Å². The molecule has 0 bridgehead atoms. The van der Waals surface area contributed by atoms with Gasteiger partial charge < -0.3 is 9.72 Å². The Balaban J connectivity index is 2.38. The molecule has 0 aliphatic carbocycles. The fourth-order valence-corrected chi connectivity index (χ4v) is 1.22. The summed E-state index contributed by atoms with van der Waals surface area (Å²) in [7, 11) is 1.32. The minimum absolute atomic E-state index is 0.502. The first-order valence-corrected chi connectivity index (χ1v) is 4.08. The van der Waals surface area contributed by atoms with Crippen molar-refractivity contribution in [3.05, 3.63) is 24.5 Å². The third-order valence-corrected chi connectivity index (χ3v) is 1.87. The summed E-state index contributed by atoms with van der Waals surface area (Å²) in [5.41, 5.74) is 0.805. The highest BCUT2D eigenvalue weighted by Crippen LogP contribution is 2.19. The van der Waals surface area contributed by atoms with Gasteiger partial charge >= 0.3 is 6.09 Å². The Morgan fingerprint density at radius 3 is 3.29 bits per heavy atom. The summed E-state index contributed by atoms with van der Waals surface area (Å²) in [6, 6.07) is 3.67. The quantitative estimate of drug-likeness (QED) is 0.721. The maximum atomic E-state index is 10.9. The van der Waals surface area contributed by atoms with Gasteiger partial charge in [0.1, 0.15) is 5.82 Å². The molecular formula is C9H9N3O2. The van der Waals surface area contributed by atoms with E-state index < -0.39 is 6.09 Å². The maximum Gasteiger partial charge on any atom is 0.412 e. The van der Waals surface area contributed by atoms with Gasteiger partial charge in [-0.05, 0) is 12.1 Å². The third-order valence-electron chi connectivity index (χ3n) is 1.87. The SMILES string of the molecule is COC(=O)Nc1[nH]cc2ncccc12. The summed E-state index contributed by atoms with van der Waals surface area (Å²) in [6.07, 6.45) is 2.91. The number of methoxy groups -OCH3 is 1. The Kier molecular flexibility index (Phi) is 2.06. The van der Waals surface area contributed by atoms with Crippen molar-refractivity contribution < 1.29 is 9.53 Å². The molecule has 0 aliphatic heterocycles. The molecule has 0 radical (unpaired) electrons. The van der Waals surface area contributed by atoms with E-state index in [9.17, 15) is 4.79 Å². The van der Waals surface area contributed by atoms with Crippen molar-refractivity contribution in [2.24, 2.45) is 0 Å². The number of pyridine rings is 1. The highest BCUT2D eigenvalue weighted by molar-refractivity contribution is 5.97. The van der Waals surface area contributed by atoms with Crippen LogP contribution >= 0.6 is 0 Å². The molecule has 14 heavy (non-hydrogen) atoms.